The van der Waals surface area contributed by atoms with Gasteiger partial charge in [-0.05, 0) is 6.42 Å². The van der Waals surface area contributed by atoms with Gasteiger partial charge in [0.1, 0.15) is 0 Å². The molecule has 9 heteroatoms. The summed E-state index contributed by atoms with van der Waals surface area (Å²) in [6.45, 7) is 1.64. The first kappa shape index (κ1) is 13.3. The number of carbonyl (C=O) groups is 1. The van der Waals surface area contributed by atoms with Crippen molar-refractivity contribution in [2.45, 2.75) is 19.5 Å². The molecule has 0 aromatic carbocycles. The molecule has 1 amide bonds. The van der Waals surface area contributed by atoms with E-state index in [1.54, 1.807) is 0 Å². The molecule has 1 saturated heterocycles. The van der Waals surface area contributed by atoms with Crippen LogP contribution in [-0.2, 0) is 0 Å². The van der Waals surface area contributed by atoms with Gasteiger partial charge in [0, 0.05) is 32.0 Å². The number of halogens is 3. The van der Waals surface area contributed by atoms with Gasteiger partial charge in [0.25, 0.3) is 11.7 Å². The number of nitrogens with zero attached hydrogens (tertiary/aromatic N) is 2. The Bertz CT molecular complexity index is 558. The number of hydrogen-bond donors (Lipinski definition) is 2. The highest BCUT2D eigenvalue weighted by molar-refractivity contribution is 5.90. The Morgan fingerprint density at radius 2 is 2.25 bits per heavy atom. The standard InChI is InChI=1S/C11H13F3N4O2/c1-6-17-7(18-20-6)8(19)16-4-9-2-10(9,5-15-3-9)11(12,13)14/h15H,2-5H2,1H3,(H,16,19)/t9-,10-/m1/s1. The molecule has 110 valence electrons. The molecule has 0 bridgehead atoms. The highest BCUT2D eigenvalue weighted by atomic mass is 19.4. The molecule has 0 unspecified atom stereocenters. The Kier molecular flexibility index (Phi) is 2.63. The lowest BCUT2D eigenvalue weighted by Crippen LogP contribution is -2.38. The first-order valence-electron chi connectivity index (χ1n) is 6.16. The van der Waals surface area contributed by atoms with Crippen molar-refractivity contribution in [1.29, 1.82) is 0 Å². The van der Waals surface area contributed by atoms with Gasteiger partial charge in [-0.25, -0.2) is 0 Å². The van der Waals surface area contributed by atoms with Gasteiger partial charge < -0.3 is 15.2 Å². The molecule has 1 aliphatic heterocycles. The molecule has 6 nitrogen and oxygen atoms in total. The smallest absolute Gasteiger partial charge is 0.349 e. The zero-order valence-electron chi connectivity index (χ0n) is 10.7. The summed E-state index contributed by atoms with van der Waals surface area (Å²) in [5.41, 5.74) is -2.65. The van der Waals surface area contributed by atoms with E-state index in [-0.39, 0.29) is 37.8 Å². The largest absolute Gasteiger partial charge is 0.396 e. The Labute approximate surface area is 112 Å². The van der Waals surface area contributed by atoms with Crippen LogP contribution in [0.4, 0.5) is 13.2 Å². The number of alkyl halides is 3. The van der Waals surface area contributed by atoms with Gasteiger partial charge in [0.05, 0.1) is 5.41 Å². The Morgan fingerprint density at radius 1 is 1.50 bits per heavy atom. The SMILES string of the molecule is Cc1nc(C(=O)NC[C@@]23CNC[C@]2(C(F)(F)F)C3)no1. The molecule has 1 aromatic rings. The zero-order valence-corrected chi connectivity index (χ0v) is 10.7. The molecule has 2 aliphatic rings. The van der Waals surface area contributed by atoms with Gasteiger partial charge in [0.15, 0.2) is 0 Å². The van der Waals surface area contributed by atoms with Gasteiger partial charge in [-0.2, -0.15) is 18.2 Å². The number of nitrogens with one attached hydrogen (secondary N) is 2. The van der Waals surface area contributed by atoms with Gasteiger partial charge in [0.2, 0.25) is 5.89 Å². The second-order valence-electron chi connectivity index (χ2n) is 5.46. The Morgan fingerprint density at radius 3 is 2.80 bits per heavy atom. The molecule has 1 aliphatic carbocycles. The fraction of sp³-hybridized carbons (Fsp3) is 0.727. The summed E-state index contributed by atoms with van der Waals surface area (Å²) in [6.07, 6.45) is -4.22. The van der Waals surface area contributed by atoms with Crippen LogP contribution in [-0.4, -0.2) is 41.9 Å². The molecule has 2 heterocycles. The predicted molar refractivity (Wildman–Crippen MR) is 59.8 cm³/mol. The molecular formula is C11H13F3N4O2. The average molecular weight is 290 g/mol. The van der Waals surface area contributed by atoms with E-state index in [2.05, 4.69) is 25.3 Å². The van der Waals surface area contributed by atoms with Crippen LogP contribution < -0.4 is 10.6 Å². The molecule has 1 saturated carbocycles. The monoisotopic (exact) mass is 290 g/mol. The first-order chi connectivity index (χ1) is 9.30. The minimum Gasteiger partial charge on any atom is -0.349 e. The summed E-state index contributed by atoms with van der Waals surface area (Å²) in [7, 11) is 0. The summed E-state index contributed by atoms with van der Waals surface area (Å²) in [4.78, 5) is 15.5. The second-order valence-corrected chi connectivity index (χ2v) is 5.46. The fourth-order valence-corrected chi connectivity index (χ4v) is 3.05. The normalized spacial score (nSPS) is 32.0. The molecule has 0 radical (unpaired) electrons. The van der Waals surface area contributed by atoms with Gasteiger partial charge in [-0.1, -0.05) is 5.16 Å². The van der Waals surface area contributed by atoms with E-state index < -0.39 is 22.9 Å². The fourth-order valence-electron chi connectivity index (χ4n) is 3.05. The van der Waals surface area contributed by atoms with Crippen molar-refractivity contribution in [2.75, 3.05) is 19.6 Å². The third-order valence-corrected chi connectivity index (χ3v) is 4.28. The first-order valence-corrected chi connectivity index (χ1v) is 6.16. The maximum absolute atomic E-state index is 13.1. The number of aromatic nitrogens is 2. The lowest BCUT2D eigenvalue weighted by Gasteiger charge is -2.20. The van der Waals surface area contributed by atoms with E-state index in [0.717, 1.165) is 0 Å². The number of amides is 1. The molecule has 2 N–H and O–H groups in total. The van der Waals surface area contributed by atoms with E-state index in [9.17, 15) is 18.0 Å². The molecule has 2 fully saturated rings. The van der Waals surface area contributed by atoms with Crippen molar-refractivity contribution in [2.24, 2.45) is 10.8 Å². The van der Waals surface area contributed by atoms with Crippen LogP contribution in [0.2, 0.25) is 0 Å². The van der Waals surface area contributed by atoms with Gasteiger partial charge >= 0.3 is 6.18 Å². The topological polar surface area (TPSA) is 80.0 Å². The van der Waals surface area contributed by atoms with Crippen molar-refractivity contribution >= 4 is 5.91 Å². The summed E-state index contributed by atoms with van der Waals surface area (Å²) in [6, 6.07) is 0. The van der Waals surface area contributed by atoms with Crippen LogP contribution in [0.25, 0.3) is 0 Å². The van der Waals surface area contributed by atoms with Crippen molar-refractivity contribution in [3.8, 4) is 0 Å². The number of hydrogen-bond acceptors (Lipinski definition) is 5. The van der Waals surface area contributed by atoms with Gasteiger partial charge in [-0.3, -0.25) is 4.79 Å². The van der Waals surface area contributed by atoms with E-state index in [4.69, 9.17) is 0 Å². The van der Waals surface area contributed by atoms with Crippen LogP contribution in [0.3, 0.4) is 0 Å². The van der Waals surface area contributed by atoms with Crippen LogP contribution in [0, 0.1) is 17.8 Å². The number of rotatable bonds is 3. The maximum Gasteiger partial charge on any atom is 0.396 e. The van der Waals surface area contributed by atoms with Crippen molar-refractivity contribution in [1.82, 2.24) is 20.8 Å². The Balaban J connectivity index is 1.67. The molecule has 1 aromatic heterocycles. The molecule has 2 atom stereocenters. The van der Waals surface area contributed by atoms with Crippen molar-refractivity contribution in [3.05, 3.63) is 11.7 Å². The average Bonchev–Trinajstić information content (AvgIpc) is 2.71. The summed E-state index contributed by atoms with van der Waals surface area (Å²) >= 11 is 0. The van der Waals surface area contributed by atoms with E-state index in [1.165, 1.54) is 6.92 Å². The Hall–Kier alpha value is -1.64. The van der Waals surface area contributed by atoms with Crippen molar-refractivity contribution in [3.63, 3.8) is 0 Å². The third-order valence-electron chi connectivity index (χ3n) is 4.28. The lowest BCUT2D eigenvalue weighted by atomic mass is 9.95. The zero-order chi connectivity index (χ0) is 14.6. The minimum absolute atomic E-state index is 0.0437. The summed E-state index contributed by atoms with van der Waals surface area (Å²) in [5, 5.41) is 8.65. The molecular weight excluding hydrogens is 277 g/mol. The number of carbonyl (C=O) groups excluding carboxylic acids is 1. The predicted octanol–water partition coefficient (Wildman–Crippen LogP) is 0.650. The summed E-state index contributed by atoms with van der Waals surface area (Å²) < 4.78 is 43.9. The minimum atomic E-state index is -4.26. The van der Waals surface area contributed by atoms with Crippen LogP contribution in [0.1, 0.15) is 22.9 Å². The van der Waals surface area contributed by atoms with Crippen LogP contribution >= 0.6 is 0 Å². The highest BCUT2D eigenvalue weighted by Gasteiger charge is 2.81. The number of aryl methyl sites for hydroxylation is 1. The second kappa shape index (κ2) is 3.94. The lowest BCUT2D eigenvalue weighted by molar-refractivity contribution is -0.190. The molecule has 3 rings (SSSR count). The van der Waals surface area contributed by atoms with E-state index in [1.807, 2.05) is 0 Å². The molecule has 20 heavy (non-hydrogen) atoms. The van der Waals surface area contributed by atoms with Gasteiger partial charge in [-0.15, -0.1) is 0 Å². The van der Waals surface area contributed by atoms with E-state index in [0.29, 0.717) is 0 Å². The van der Waals surface area contributed by atoms with Crippen molar-refractivity contribution < 1.29 is 22.5 Å². The summed E-state index contributed by atoms with van der Waals surface area (Å²) in [5.74, 6) is -0.555. The maximum atomic E-state index is 13.1. The third kappa shape index (κ3) is 1.72. The quantitative estimate of drug-likeness (QED) is 0.854. The number of fused-ring (bicyclic) bond motifs is 1. The van der Waals surface area contributed by atoms with E-state index >= 15 is 0 Å². The van der Waals surface area contributed by atoms with Crippen LogP contribution in [0.15, 0.2) is 4.52 Å². The highest BCUT2D eigenvalue weighted by Crippen LogP contribution is 2.72. The number of piperidine rings is 1. The molecule has 0 spiro atoms. The van der Waals surface area contributed by atoms with Crippen LogP contribution in [0.5, 0.6) is 0 Å².